The molecule has 3 heterocycles. The zero-order chi connectivity index (χ0) is 19.6. The van der Waals surface area contributed by atoms with Crippen LogP contribution in [0.2, 0.25) is 5.02 Å². The topological polar surface area (TPSA) is 95.2 Å². The van der Waals surface area contributed by atoms with Gasteiger partial charge in [0.05, 0.1) is 10.6 Å². The molecular formula is C15H18ClF3N8. The number of alkyl halides is 3. The number of hydrogen-bond donors (Lipinski definition) is 3. The van der Waals surface area contributed by atoms with Crippen LogP contribution in [0.5, 0.6) is 0 Å². The number of hydrogen-bond acceptors (Lipinski definition) is 8. The van der Waals surface area contributed by atoms with Crippen molar-refractivity contribution < 1.29 is 13.2 Å². The van der Waals surface area contributed by atoms with E-state index in [1.165, 1.54) is 6.33 Å². The summed E-state index contributed by atoms with van der Waals surface area (Å²) in [5.41, 5.74) is 8.48. The normalized spacial score (nSPS) is 16.3. The van der Waals surface area contributed by atoms with Gasteiger partial charge < -0.3 is 21.4 Å². The van der Waals surface area contributed by atoms with Gasteiger partial charge in [0.2, 0.25) is 0 Å². The van der Waals surface area contributed by atoms with Crippen molar-refractivity contribution in [2.75, 3.05) is 49.7 Å². The fourth-order valence-electron chi connectivity index (χ4n) is 2.45. The highest BCUT2D eigenvalue weighted by Gasteiger charge is 2.31. The van der Waals surface area contributed by atoms with Gasteiger partial charge in [0.1, 0.15) is 17.8 Å². The Morgan fingerprint density at radius 1 is 1.07 bits per heavy atom. The minimum absolute atomic E-state index is 0.0145. The largest absolute Gasteiger partial charge is 0.417 e. The Labute approximate surface area is 158 Å². The molecule has 0 aromatic carbocycles. The van der Waals surface area contributed by atoms with Gasteiger partial charge in [-0.2, -0.15) is 13.2 Å². The van der Waals surface area contributed by atoms with Gasteiger partial charge in [-0.25, -0.2) is 20.0 Å². The molecule has 12 heteroatoms. The number of hydrazine groups is 1. The molecule has 0 atom stereocenters. The summed E-state index contributed by atoms with van der Waals surface area (Å²) in [4.78, 5) is 14.1. The van der Waals surface area contributed by atoms with Crippen LogP contribution in [0.15, 0.2) is 18.6 Å². The van der Waals surface area contributed by atoms with Crippen molar-refractivity contribution in [2.45, 2.75) is 6.18 Å². The van der Waals surface area contributed by atoms with Crippen LogP contribution in [0.3, 0.4) is 0 Å². The second kappa shape index (κ2) is 7.71. The van der Waals surface area contributed by atoms with Crippen LogP contribution in [-0.2, 0) is 6.18 Å². The summed E-state index contributed by atoms with van der Waals surface area (Å²) in [6.07, 6.45) is -2.55. The highest BCUT2D eigenvalue weighted by Crippen LogP contribution is 2.34. The summed E-state index contributed by atoms with van der Waals surface area (Å²) < 4.78 is 38.1. The lowest BCUT2D eigenvalue weighted by atomic mass is 10.3. The van der Waals surface area contributed by atoms with Crippen molar-refractivity contribution in [3.05, 3.63) is 29.2 Å². The molecule has 1 fully saturated rings. The van der Waals surface area contributed by atoms with E-state index in [1.54, 1.807) is 0 Å². The Hall–Kier alpha value is -2.37. The predicted octanol–water partition coefficient (Wildman–Crippen LogP) is 2.44. The second-order valence-electron chi connectivity index (χ2n) is 6.06. The van der Waals surface area contributed by atoms with Crippen LogP contribution in [-0.4, -0.2) is 58.1 Å². The Bertz CT molecular complexity index is 808. The molecule has 0 aliphatic carbocycles. The van der Waals surface area contributed by atoms with Gasteiger partial charge >= 0.3 is 6.18 Å². The van der Waals surface area contributed by atoms with Gasteiger partial charge in [0, 0.05) is 32.4 Å². The maximum atomic E-state index is 12.7. The number of nitrogen functional groups attached to an aromatic ring is 1. The summed E-state index contributed by atoms with van der Waals surface area (Å²) >= 11 is 5.91. The lowest BCUT2D eigenvalue weighted by Crippen LogP contribution is -2.47. The van der Waals surface area contributed by atoms with Crippen LogP contribution in [0.25, 0.3) is 0 Å². The molecule has 0 bridgehead atoms. The molecule has 2 aromatic rings. The molecular weight excluding hydrogens is 385 g/mol. The number of piperazine rings is 1. The Morgan fingerprint density at radius 2 is 1.74 bits per heavy atom. The lowest BCUT2D eigenvalue weighted by molar-refractivity contribution is -0.137. The van der Waals surface area contributed by atoms with Crippen LogP contribution in [0, 0.1) is 0 Å². The first-order valence-electron chi connectivity index (χ1n) is 8.04. The van der Waals surface area contributed by atoms with E-state index in [1.807, 2.05) is 12.1 Å². The zero-order valence-corrected chi connectivity index (χ0v) is 15.1. The number of likely N-dealkylation sites (N-methyl/N-ethyl adjacent to an activating group) is 1. The Balaban J connectivity index is 1.76. The molecule has 4 N–H and O–H groups in total. The third-order valence-electron chi connectivity index (χ3n) is 4.06. The van der Waals surface area contributed by atoms with Gasteiger partial charge in [-0.1, -0.05) is 11.6 Å². The molecule has 1 aliphatic heterocycles. The highest BCUT2D eigenvalue weighted by molar-refractivity contribution is 6.33. The van der Waals surface area contributed by atoms with Crippen LogP contribution < -0.4 is 16.5 Å². The van der Waals surface area contributed by atoms with E-state index in [-0.39, 0.29) is 22.3 Å². The molecule has 146 valence electrons. The average molecular weight is 403 g/mol. The van der Waals surface area contributed by atoms with Crippen LogP contribution >= 0.6 is 11.6 Å². The summed E-state index contributed by atoms with van der Waals surface area (Å²) in [5, 5.41) is 4.53. The molecule has 3 rings (SSSR count). The summed E-state index contributed by atoms with van der Waals surface area (Å²) in [6, 6.07) is 0.789. The predicted molar refractivity (Wildman–Crippen MR) is 96.7 cm³/mol. The van der Waals surface area contributed by atoms with Gasteiger partial charge in [-0.05, 0) is 13.1 Å². The van der Waals surface area contributed by atoms with Gasteiger partial charge in [0.15, 0.2) is 11.6 Å². The molecule has 1 saturated heterocycles. The standard InChI is InChI=1S/C15H18ClF3N8/c1-26-2-4-27(5-3-26)25-14-11(20)13(22-8-23-14)24-12-10(16)6-9(7-21-12)15(17,18)19/h6-8H,2-5,20H2,1H3,(H2,21,22,23,24,25). The Morgan fingerprint density at radius 3 is 2.37 bits per heavy atom. The summed E-state index contributed by atoms with van der Waals surface area (Å²) in [7, 11) is 2.04. The van der Waals surface area contributed by atoms with Crippen molar-refractivity contribution in [2.24, 2.45) is 0 Å². The number of pyridine rings is 1. The molecule has 0 spiro atoms. The minimum atomic E-state index is -4.53. The van der Waals surface area contributed by atoms with Gasteiger partial charge in [-0.15, -0.1) is 0 Å². The molecule has 0 saturated carbocycles. The fourth-order valence-corrected chi connectivity index (χ4v) is 2.66. The first-order chi connectivity index (χ1) is 12.7. The van der Waals surface area contributed by atoms with Gasteiger partial charge in [0.25, 0.3) is 0 Å². The van der Waals surface area contributed by atoms with Crippen molar-refractivity contribution in [1.29, 1.82) is 0 Å². The molecule has 27 heavy (non-hydrogen) atoms. The SMILES string of the molecule is CN1CCN(Nc2ncnc(Nc3ncc(C(F)(F)F)cc3Cl)c2N)CC1. The van der Waals surface area contributed by atoms with E-state index in [0.29, 0.717) is 12.0 Å². The maximum absolute atomic E-state index is 12.7. The van der Waals surface area contributed by atoms with E-state index >= 15 is 0 Å². The minimum Gasteiger partial charge on any atom is -0.393 e. The number of anilines is 4. The van der Waals surface area contributed by atoms with Crippen molar-refractivity contribution in [3.8, 4) is 0 Å². The van der Waals surface area contributed by atoms with Crippen molar-refractivity contribution >= 4 is 34.7 Å². The quantitative estimate of drug-likeness (QED) is 0.717. The van der Waals surface area contributed by atoms with E-state index in [4.69, 9.17) is 17.3 Å². The van der Waals surface area contributed by atoms with E-state index in [9.17, 15) is 13.2 Å². The van der Waals surface area contributed by atoms with Crippen molar-refractivity contribution in [1.82, 2.24) is 24.9 Å². The number of nitrogens with two attached hydrogens (primary N) is 1. The zero-order valence-electron chi connectivity index (χ0n) is 14.4. The second-order valence-corrected chi connectivity index (χ2v) is 6.47. The van der Waals surface area contributed by atoms with E-state index in [0.717, 1.165) is 32.2 Å². The Kier molecular flexibility index (Phi) is 5.53. The first-order valence-corrected chi connectivity index (χ1v) is 8.42. The lowest BCUT2D eigenvalue weighted by Gasteiger charge is -2.32. The van der Waals surface area contributed by atoms with Crippen LogP contribution in [0.1, 0.15) is 5.56 Å². The maximum Gasteiger partial charge on any atom is 0.417 e. The molecule has 8 nitrogen and oxygen atoms in total. The smallest absolute Gasteiger partial charge is 0.393 e. The van der Waals surface area contributed by atoms with E-state index in [2.05, 4.69) is 30.6 Å². The molecule has 0 unspecified atom stereocenters. The molecule has 1 aliphatic rings. The first kappa shape index (κ1) is 19.4. The van der Waals surface area contributed by atoms with Crippen LogP contribution in [0.4, 0.5) is 36.3 Å². The third kappa shape index (κ3) is 4.67. The highest BCUT2D eigenvalue weighted by atomic mass is 35.5. The van der Waals surface area contributed by atoms with Gasteiger partial charge in [-0.3, -0.25) is 0 Å². The van der Waals surface area contributed by atoms with Crippen molar-refractivity contribution in [3.63, 3.8) is 0 Å². The number of aromatic nitrogens is 3. The summed E-state index contributed by atoms with van der Waals surface area (Å²) in [6.45, 7) is 3.37. The fraction of sp³-hybridized carbons (Fsp3) is 0.400. The van der Waals surface area contributed by atoms with E-state index < -0.39 is 11.7 Å². The number of rotatable bonds is 4. The number of nitrogens with zero attached hydrogens (tertiary/aromatic N) is 5. The number of halogens is 4. The monoisotopic (exact) mass is 402 g/mol. The molecule has 0 amide bonds. The molecule has 2 aromatic heterocycles. The third-order valence-corrected chi connectivity index (χ3v) is 4.34. The summed E-state index contributed by atoms with van der Waals surface area (Å²) in [5.74, 6) is 0.594. The molecule has 0 radical (unpaired) electrons. The number of nitrogens with one attached hydrogen (secondary N) is 2. The average Bonchev–Trinajstić information content (AvgIpc) is 2.61.